The molecule has 0 fully saturated rings. The lowest BCUT2D eigenvalue weighted by Gasteiger charge is -2.09. The van der Waals surface area contributed by atoms with E-state index in [-0.39, 0.29) is 0 Å². The van der Waals surface area contributed by atoms with Gasteiger partial charge in [-0.3, -0.25) is 9.36 Å². The summed E-state index contributed by atoms with van der Waals surface area (Å²) >= 11 is 6.41. The molecule has 0 aliphatic carbocycles. The summed E-state index contributed by atoms with van der Waals surface area (Å²) in [5.41, 5.74) is 2.28. The first-order valence-electron chi connectivity index (χ1n) is 6.73. The van der Waals surface area contributed by atoms with Crippen molar-refractivity contribution in [3.8, 4) is 11.4 Å². The highest BCUT2D eigenvalue weighted by Crippen LogP contribution is 2.32. The average molecular weight is 300 g/mol. The van der Waals surface area contributed by atoms with Crippen molar-refractivity contribution < 1.29 is 9.53 Å². The number of carbonyl (C=O) groups is 1. The third-order valence-corrected chi connectivity index (χ3v) is 3.73. The number of rotatable bonds is 4. The van der Waals surface area contributed by atoms with Gasteiger partial charge in [-0.25, -0.2) is 0 Å². The molecule has 3 nitrogen and oxygen atoms in total. The summed E-state index contributed by atoms with van der Waals surface area (Å²) in [6.45, 7) is 2.54. The molecule has 0 saturated heterocycles. The zero-order valence-corrected chi connectivity index (χ0v) is 12.3. The van der Waals surface area contributed by atoms with E-state index in [2.05, 4.69) is 0 Å². The maximum absolute atomic E-state index is 11.3. The molecule has 1 aromatic heterocycles. The second-order valence-corrected chi connectivity index (χ2v) is 4.96. The van der Waals surface area contributed by atoms with Crippen LogP contribution in [-0.4, -0.2) is 17.5 Å². The van der Waals surface area contributed by atoms with Gasteiger partial charge in [0.2, 0.25) is 0 Å². The van der Waals surface area contributed by atoms with E-state index in [0.29, 0.717) is 17.3 Å². The first-order valence-corrected chi connectivity index (χ1v) is 7.11. The molecule has 106 valence electrons. The summed E-state index contributed by atoms with van der Waals surface area (Å²) in [7, 11) is 0. The number of hydrogen-bond acceptors (Lipinski definition) is 2. The molecule has 0 unspecified atom stereocenters. The smallest absolute Gasteiger partial charge is 0.153 e. The van der Waals surface area contributed by atoms with Crippen LogP contribution in [0, 0.1) is 0 Å². The minimum absolute atomic E-state index is 0.417. The van der Waals surface area contributed by atoms with Gasteiger partial charge in [-0.2, -0.15) is 0 Å². The Kier molecular flexibility index (Phi) is 3.67. The third kappa shape index (κ3) is 2.30. The number of halogens is 1. The van der Waals surface area contributed by atoms with Crippen molar-refractivity contribution in [1.29, 1.82) is 0 Å². The molecule has 0 aliphatic rings. The van der Waals surface area contributed by atoms with Crippen molar-refractivity contribution in [3.63, 3.8) is 0 Å². The first kappa shape index (κ1) is 13.7. The van der Waals surface area contributed by atoms with Crippen LogP contribution in [-0.2, 0) is 0 Å². The fourth-order valence-corrected chi connectivity index (χ4v) is 2.81. The van der Waals surface area contributed by atoms with Crippen LogP contribution >= 0.6 is 11.6 Å². The first-order chi connectivity index (χ1) is 10.3. The number of ether oxygens (including phenoxy) is 1. The molecule has 0 N–H and O–H groups in total. The molecule has 1 heterocycles. The lowest BCUT2D eigenvalue weighted by atomic mass is 10.2. The van der Waals surface area contributed by atoms with Gasteiger partial charge in [0.25, 0.3) is 0 Å². The highest BCUT2D eigenvalue weighted by Gasteiger charge is 2.16. The van der Waals surface area contributed by atoms with Gasteiger partial charge in [0.05, 0.1) is 23.4 Å². The number of nitrogens with zero attached hydrogens (tertiary/aromatic N) is 1. The van der Waals surface area contributed by atoms with Crippen LogP contribution < -0.4 is 4.74 Å². The molecule has 4 heteroatoms. The SMILES string of the molecule is CCOc1cccc(-n2c(Cl)c(C=O)c3ccccc32)c1. The quantitative estimate of drug-likeness (QED) is 0.664. The second kappa shape index (κ2) is 5.62. The summed E-state index contributed by atoms with van der Waals surface area (Å²) in [5, 5.41) is 1.26. The Morgan fingerprint density at radius 3 is 2.76 bits per heavy atom. The van der Waals surface area contributed by atoms with Crippen LogP contribution in [0.1, 0.15) is 17.3 Å². The van der Waals surface area contributed by atoms with Gasteiger partial charge in [-0.05, 0) is 25.1 Å². The largest absolute Gasteiger partial charge is 0.494 e. The Morgan fingerprint density at radius 2 is 2.00 bits per heavy atom. The molecule has 3 aromatic rings. The number of aromatic nitrogens is 1. The molecule has 0 radical (unpaired) electrons. The van der Waals surface area contributed by atoms with E-state index < -0.39 is 0 Å². The van der Waals surface area contributed by atoms with Gasteiger partial charge in [0.15, 0.2) is 6.29 Å². The lowest BCUT2D eigenvalue weighted by Crippen LogP contribution is -1.96. The summed E-state index contributed by atoms with van der Waals surface area (Å²) in [5.74, 6) is 0.775. The molecule has 21 heavy (non-hydrogen) atoms. The van der Waals surface area contributed by atoms with Gasteiger partial charge < -0.3 is 4.74 Å². The number of carbonyl (C=O) groups excluding carboxylic acids is 1. The number of para-hydroxylation sites is 1. The Morgan fingerprint density at radius 1 is 1.19 bits per heavy atom. The minimum atomic E-state index is 0.417. The molecule has 0 saturated carbocycles. The monoisotopic (exact) mass is 299 g/mol. The maximum atomic E-state index is 11.3. The fourth-order valence-electron chi connectivity index (χ4n) is 2.48. The van der Waals surface area contributed by atoms with Crippen LogP contribution in [0.2, 0.25) is 5.15 Å². The van der Waals surface area contributed by atoms with E-state index in [9.17, 15) is 4.79 Å². The van der Waals surface area contributed by atoms with Gasteiger partial charge in [0.1, 0.15) is 10.9 Å². The van der Waals surface area contributed by atoms with E-state index in [1.165, 1.54) is 0 Å². The van der Waals surface area contributed by atoms with Gasteiger partial charge in [0, 0.05) is 11.5 Å². The predicted octanol–water partition coefficient (Wildman–Crippen LogP) is 4.50. The number of fused-ring (bicyclic) bond motifs is 1. The Labute approximate surface area is 127 Å². The van der Waals surface area contributed by atoms with E-state index in [1.807, 2.05) is 60.0 Å². The maximum Gasteiger partial charge on any atom is 0.153 e. The van der Waals surface area contributed by atoms with Crippen LogP contribution in [0.15, 0.2) is 48.5 Å². The fraction of sp³-hybridized carbons (Fsp3) is 0.118. The second-order valence-electron chi connectivity index (χ2n) is 4.61. The topological polar surface area (TPSA) is 31.2 Å². The number of hydrogen-bond donors (Lipinski definition) is 0. The average Bonchev–Trinajstić information content (AvgIpc) is 2.79. The molecular weight excluding hydrogens is 286 g/mol. The van der Waals surface area contributed by atoms with Gasteiger partial charge >= 0.3 is 0 Å². The minimum Gasteiger partial charge on any atom is -0.494 e. The van der Waals surface area contributed by atoms with Crippen LogP contribution in [0.3, 0.4) is 0 Å². The summed E-state index contributed by atoms with van der Waals surface area (Å²) in [4.78, 5) is 11.3. The molecule has 0 atom stereocenters. The highest BCUT2D eigenvalue weighted by molar-refractivity contribution is 6.34. The lowest BCUT2D eigenvalue weighted by molar-refractivity contribution is 0.112. The molecule has 0 bridgehead atoms. The zero-order chi connectivity index (χ0) is 14.8. The molecule has 0 aliphatic heterocycles. The molecule has 0 amide bonds. The van der Waals surface area contributed by atoms with Gasteiger partial charge in [-0.15, -0.1) is 0 Å². The van der Waals surface area contributed by atoms with Crippen molar-refractivity contribution in [2.45, 2.75) is 6.92 Å². The van der Waals surface area contributed by atoms with E-state index in [1.54, 1.807) is 0 Å². The van der Waals surface area contributed by atoms with Crippen molar-refractivity contribution in [2.75, 3.05) is 6.61 Å². The molecule has 3 rings (SSSR count). The Balaban J connectivity index is 2.27. The van der Waals surface area contributed by atoms with E-state index in [0.717, 1.165) is 28.6 Å². The van der Waals surface area contributed by atoms with E-state index >= 15 is 0 Å². The van der Waals surface area contributed by atoms with Crippen molar-refractivity contribution in [1.82, 2.24) is 4.57 Å². The molecular formula is C17H14ClNO2. The number of benzene rings is 2. The Hall–Kier alpha value is -2.26. The number of aldehydes is 1. The predicted molar refractivity (Wildman–Crippen MR) is 84.8 cm³/mol. The summed E-state index contributed by atoms with van der Waals surface area (Å²) < 4.78 is 7.39. The standard InChI is InChI=1S/C17H14ClNO2/c1-2-21-13-7-5-6-12(10-13)19-16-9-4-3-8-14(16)15(11-20)17(19)18/h3-11H,2H2,1H3. The third-order valence-electron chi connectivity index (χ3n) is 3.36. The highest BCUT2D eigenvalue weighted by atomic mass is 35.5. The summed E-state index contributed by atoms with van der Waals surface area (Å²) in [6.07, 6.45) is 0.799. The zero-order valence-electron chi connectivity index (χ0n) is 11.5. The van der Waals surface area contributed by atoms with Crippen molar-refractivity contribution in [3.05, 3.63) is 59.2 Å². The van der Waals surface area contributed by atoms with Crippen LogP contribution in [0.5, 0.6) is 5.75 Å². The van der Waals surface area contributed by atoms with Gasteiger partial charge in [-0.1, -0.05) is 35.9 Å². The van der Waals surface area contributed by atoms with Crippen molar-refractivity contribution >= 4 is 28.8 Å². The normalized spacial score (nSPS) is 10.8. The van der Waals surface area contributed by atoms with Crippen LogP contribution in [0.4, 0.5) is 0 Å². The summed E-state index contributed by atoms with van der Waals surface area (Å²) in [6, 6.07) is 15.3. The van der Waals surface area contributed by atoms with Crippen molar-refractivity contribution in [2.24, 2.45) is 0 Å². The van der Waals surface area contributed by atoms with Crippen LogP contribution in [0.25, 0.3) is 16.6 Å². The Bertz CT molecular complexity index is 808. The molecule has 0 spiro atoms. The van der Waals surface area contributed by atoms with E-state index in [4.69, 9.17) is 16.3 Å². The molecule has 2 aromatic carbocycles.